The van der Waals surface area contributed by atoms with Crippen LogP contribution in [0.15, 0.2) is 47.5 Å². The van der Waals surface area contributed by atoms with Gasteiger partial charge in [0.05, 0.1) is 6.33 Å². The molecular formula is C14H11F3N4O. The van der Waals surface area contributed by atoms with Crippen LogP contribution in [0.1, 0.15) is 11.5 Å². The van der Waals surface area contributed by atoms with Gasteiger partial charge in [-0.05, 0) is 12.0 Å². The number of rotatable bonds is 4. The summed E-state index contributed by atoms with van der Waals surface area (Å²) in [4.78, 5) is 7.31. The van der Waals surface area contributed by atoms with Crippen molar-refractivity contribution in [2.75, 3.05) is 0 Å². The van der Waals surface area contributed by atoms with E-state index in [1.165, 1.54) is 0 Å². The molecule has 0 spiro atoms. The summed E-state index contributed by atoms with van der Waals surface area (Å²) in [5, 5.41) is 3.35. The lowest BCUT2D eigenvalue weighted by atomic mass is 10.1. The highest BCUT2D eigenvalue weighted by Gasteiger charge is 2.38. The third-order valence-electron chi connectivity index (χ3n) is 3.10. The van der Waals surface area contributed by atoms with Gasteiger partial charge >= 0.3 is 12.1 Å². The van der Waals surface area contributed by atoms with E-state index >= 15 is 0 Å². The van der Waals surface area contributed by atoms with Crippen molar-refractivity contribution in [3.8, 4) is 11.4 Å². The van der Waals surface area contributed by atoms with Gasteiger partial charge < -0.3 is 9.09 Å². The molecule has 0 N–H and O–H groups in total. The lowest BCUT2D eigenvalue weighted by Crippen LogP contribution is -2.04. The van der Waals surface area contributed by atoms with Gasteiger partial charge in [0, 0.05) is 24.5 Å². The Labute approximate surface area is 123 Å². The van der Waals surface area contributed by atoms with E-state index in [0.29, 0.717) is 5.56 Å². The largest absolute Gasteiger partial charge is 0.471 e. The Morgan fingerprint density at radius 1 is 1.14 bits per heavy atom. The summed E-state index contributed by atoms with van der Waals surface area (Å²) >= 11 is 0. The van der Waals surface area contributed by atoms with Crippen molar-refractivity contribution >= 4 is 0 Å². The van der Waals surface area contributed by atoms with Crippen molar-refractivity contribution in [3.63, 3.8) is 0 Å². The third kappa shape index (κ3) is 3.16. The monoisotopic (exact) mass is 308 g/mol. The number of hydrogen-bond acceptors (Lipinski definition) is 4. The van der Waals surface area contributed by atoms with Crippen LogP contribution in [0.5, 0.6) is 0 Å². The molecule has 3 aromatic rings. The second-order valence-corrected chi connectivity index (χ2v) is 4.67. The van der Waals surface area contributed by atoms with Crippen LogP contribution in [-0.4, -0.2) is 19.7 Å². The van der Waals surface area contributed by atoms with E-state index in [4.69, 9.17) is 0 Å². The number of imidazole rings is 1. The second-order valence-electron chi connectivity index (χ2n) is 4.67. The Bertz CT molecular complexity index is 732. The van der Waals surface area contributed by atoms with Gasteiger partial charge in [0.15, 0.2) is 0 Å². The van der Waals surface area contributed by atoms with Gasteiger partial charge in [-0.2, -0.15) is 18.2 Å². The van der Waals surface area contributed by atoms with Crippen LogP contribution in [0.4, 0.5) is 13.2 Å². The molecule has 0 aliphatic carbocycles. The van der Waals surface area contributed by atoms with Crippen molar-refractivity contribution in [2.45, 2.75) is 19.1 Å². The predicted octanol–water partition coefficient (Wildman–Crippen LogP) is 3.19. The first-order chi connectivity index (χ1) is 10.5. The lowest BCUT2D eigenvalue weighted by molar-refractivity contribution is -0.159. The number of alkyl halides is 3. The molecule has 0 saturated carbocycles. The second kappa shape index (κ2) is 5.63. The molecule has 0 radical (unpaired) electrons. The highest BCUT2D eigenvalue weighted by atomic mass is 19.4. The fraction of sp³-hybridized carbons (Fsp3) is 0.214. The minimum Gasteiger partial charge on any atom is -0.337 e. The molecule has 1 aromatic carbocycles. The van der Waals surface area contributed by atoms with E-state index in [0.717, 1.165) is 18.5 Å². The molecule has 114 valence electrons. The molecule has 0 aliphatic heterocycles. The topological polar surface area (TPSA) is 56.7 Å². The maximum Gasteiger partial charge on any atom is 0.471 e. The fourth-order valence-corrected chi connectivity index (χ4v) is 1.95. The molecule has 8 heteroatoms. The van der Waals surface area contributed by atoms with Crippen molar-refractivity contribution in [2.24, 2.45) is 0 Å². The fourth-order valence-electron chi connectivity index (χ4n) is 1.95. The number of aryl methyl sites for hydroxylation is 2. The average Bonchev–Trinajstić information content (AvgIpc) is 3.16. The highest BCUT2D eigenvalue weighted by molar-refractivity contribution is 5.54. The summed E-state index contributed by atoms with van der Waals surface area (Å²) in [6.45, 7) is 0.778. The first-order valence-corrected chi connectivity index (χ1v) is 6.48. The van der Waals surface area contributed by atoms with Crippen LogP contribution in [0.3, 0.4) is 0 Å². The van der Waals surface area contributed by atoms with Crippen molar-refractivity contribution in [1.82, 2.24) is 19.7 Å². The van der Waals surface area contributed by atoms with Crippen molar-refractivity contribution in [1.29, 1.82) is 0 Å². The van der Waals surface area contributed by atoms with Crippen molar-refractivity contribution in [3.05, 3.63) is 54.4 Å². The quantitative estimate of drug-likeness (QED) is 0.742. The Morgan fingerprint density at radius 2 is 1.91 bits per heavy atom. The zero-order chi connectivity index (χ0) is 15.6. The molecule has 5 nitrogen and oxygen atoms in total. The summed E-state index contributed by atoms with van der Waals surface area (Å²) in [5.74, 6) is -1.42. The van der Waals surface area contributed by atoms with Crippen LogP contribution in [0, 0.1) is 0 Å². The Kier molecular flexibility index (Phi) is 3.66. The number of hydrogen-bond donors (Lipinski definition) is 0. The molecule has 22 heavy (non-hydrogen) atoms. The summed E-state index contributed by atoms with van der Waals surface area (Å²) in [7, 11) is 0. The maximum absolute atomic E-state index is 12.4. The smallest absolute Gasteiger partial charge is 0.337 e. The molecule has 0 unspecified atom stereocenters. The van der Waals surface area contributed by atoms with Gasteiger partial charge in [0.2, 0.25) is 5.82 Å². The summed E-state index contributed by atoms with van der Waals surface area (Å²) in [6, 6.07) is 7.01. The Balaban J connectivity index is 1.70. The first-order valence-electron chi connectivity index (χ1n) is 6.48. The summed E-state index contributed by atoms with van der Waals surface area (Å²) in [5.41, 5.74) is 1.53. The van der Waals surface area contributed by atoms with Gasteiger partial charge in [-0.1, -0.05) is 29.4 Å². The summed E-state index contributed by atoms with van der Waals surface area (Å²) in [6.07, 6.45) is 1.46. The van der Waals surface area contributed by atoms with E-state index < -0.39 is 12.1 Å². The standard InChI is InChI=1S/C14H11F3N4O/c15-14(16,17)13-19-12(20-22-13)11-3-1-10(2-4-11)5-7-21-8-6-18-9-21/h1-4,6,8-9H,5,7H2. The molecule has 0 saturated heterocycles. The van der Waals surface area contributed by atoms with E-state index in [1.54, 1.807) is 24.7 Å². The van der Waals surface area contributed by atoms with Gasteiger partial charge in [0.25, 0.3) is 0 Å². The maximum atomic E-state index is 12.4. The molecule has 0 bridgehead atoms. The van der Waals surface area contributed by atoms with Crippen LogP contribution >= 0.6 is 0 Å². The van der Waals surface area contributed by atoms with Crippen LogP contribution in [0.25, 0.3) is 11.4 Å². The highest BCUT2D eigenvalue weighted by Crippen LogP contribution is 2.29. The van der Waals surface area contributed by atoms with E-state index in [1.807, 2.05) is 22.9 Å². The number of aromatic nitrogens is 4. The van der Waals surface area contributed by atoms with E-state index in [9.17, 15) is 13.2 Å². The number of nitrogens with zero attached hydrogens (tertiary/aromatic N) is 4. The molecule has 2 heterocycles. The minimum absolute atomic E-state index is 0.0755. The van der Waals surface area contributed by atoms with E-state index in [2.05, 4.69) is 19.6 Å². The Hall–Kier alpha value is -2.64. The van der Waals surface area contributed by atoms with Gasteiger partial charge in [-0.3, -0.25) is 0 Å². The molecule has 2 aromatic heterocycles. The summed E-state index contributed by atoms with van der Waals surface area (Å²) < 4.78 is 43.4. The Morgan fingerprint density at radius 3 is 2.50 bits per heavy atom. The van der Waals surface area contributed by atoms with Crippen LogP contribution < -0.4 is 0 Å². The SMILES string of the molecule is FC(F)(F)c1nc(-c2ccc(CCn3ccnc3)cc2)no1. The average molecular weight is 308 g/mol. The van der Waals surface area contributed by atoms with Gasteiger partial charge in [0.1, 0.15) is 0 Å². The molecule has 3 rings (SSSR count). The van der Waals surface area contributed by atoms with Gasteiger partial charge in [-0.15, -0.1) is 0 Å². The van der Waals surface area contributed by atoms with E-state index in [-0.39, 0.29) is 5.82 Å². The van der Waals surface area contributed by atoms with Gasteiger partial charge in [-0.25, -0.2) is 4.98 Å². The molecular weight excluding hydrogens is 297 g/mol. The number of halogens is 3. The third-order valence-corrected chi connectivity index (χ3v) is 3.10. The van der Waals surface area contributed by atoms with Crippen LogP contribution in [-0.2, 0) is 19.1 Å². The molecule has 0 amide bonds. The lowest BCUT2D eigenvalue weighted by Gasteiger charge is -2.03. The predicted molar refractivity (Wildman–Crippen MR) is 70.7 cm³/mol. The number of benzene rings is 1. The molecule has 0 aliphatic rings. The minimum atomic E-state index is -4.63. The molecule has 0 atom stereocenters. The normalized spacial score (nSPS) is 11.8. The molecule has 0 fully saturated rings. The zero-order valence-electron chi connectivity index (χ0n) is 11.3. The van der Waals surface area contributed by atoms with Crippen LogP contribution in [0.2, 0.25) is 0 Å². The zero-order valence-corrected chi connectivity index (χ0v) is 11.3. The first kappa shape index (κ1) is 14.3. The van der Waals surface area contributed by atoms with Crippen molar-refractivity contribution < 1.29 is 17.7 Å².